The van der Waals surface area contributed by atoms with E-state index < -0.39 is 0 Å². The fourth-order valence-electron chi connectivity index (χ4n) is 2.13. The van der Waals surface area contributed by atoms with Crippen LogP contribution in [0, 0.1) is 13.8 Å². The molecule has 1 unspecified atom stereocenters. The third kappa shape index (κ3) is 3.40. The Morgan fingerprint density at radius 3 is 2.47 bits per heavy atom. The maximum absolute atomic E-state index is 6.20. The summed E-state index contributed by atoms with van der Waals surface area (Å²) in [5.41, 5.74) is 10.1. The van der Waals surface area contributed by atoms with Crippen LogP contribution in [0.25, 0.3) is 0 Å². The quantitative estimate of drug-likeness (QED) is 0.859. The third-order valence-corrected chi connectivity index (χ3v) is 4.58. The summed E-state index contributed by atoms with van der Waals surface area (Å²) in [6.45, 7) is 6.42. The van der Waals surface area contributed by atoms with Gasteiger partial charge in [0.1, 0.15) is 0 Å². The molecule has 2 N–H and O–H groups in total. The molecule has 0 aromatic heterocycles. The van der Waals surface area contributed by atoms with Gasteiger partial charge in [-0.2, -0.15) is 0 Å². The highest BCUT2D eigenvalue weighted by molar-refractivity contribution is 7.99. The van der Waals surface area contributed by atoms with Gasteiger partial charge in [-0.25, -0.2) is 0 Å². The van der Waals surface area contributed by atoms with Crippen molar-refractivity contribution in [2.75, 3.05) is 0 Å². The van der Waals surface area contributed by atoms with Gasteiger partial charge in [-0.1, -0.05) is 54.6 Å². The Morgan fingerprint density at radius 2 is 1.79 bits per heavy atom. The highest BCUT2D eigenvalue weighted by Gasteiger charge is 2.10. The van der Waals surface area contributed by atoms with Gasteiger partial charge in [0.25, 0.3) is 0 Å². The summed E-state index contributed by atoms with van der Waals surface area (Å²) in [6.07, 6.45) is 0.963. The van der Waals surface area contributed by atoms with Crippen molar-refractivity contribution in [3.8, 4) is 0 Å². The minimum Gasteiger partial charge on any atom is -0.324 e. The fourth-order valence-corrected chi connectivity index (χ4v) is 3.21. The largest absolute Gasteiger partial charge is 0.324 e. The van der Waals surface area contributed by atoms with Crippen LogP contribution in [0.1, 0.15) is 36.1 Å². The predicted molar refractivity (Wildman–Crippen MR) is 83.7 cm³/mol. The summed E-state index contributed by atoms with van der Waals surface area (Å²) in [7, 11) is 0. The van der Waals surface area contributed by atoms with Gasteiger partial charge in [-0.15, -0.1) is 0 Å². The van der Waals surface area contributed by atoms with Crippen molar-refractivity contribution in [1.29, 1.82) is 0 Å². The number of benzene rings is 2. The number of nitrogens with two attached hydrogens (primary N) is 1. The summed E-state index contributed by atoms with van der Waals surface area (Å²) in [6, 6.07) is 15.2. The molecule has 0 aliphatic heterocycles. The normalized spacial score (nSPS) is 12.4. The molecule has 0 aliphatic rings. The number of aryl methyl sites for hydroxylation is 2. The van der Waals surface area contributed by atoms with Crippen LogP contribution in [0.4, 0.5) is 0 Å². The summed E-state index contributed by atoms with van der Waals surface area (Å²) < 4.78 is 0. The average molecular weight is 271 g/mol. The molecule has 0 fully saturated rings. The molecule has 1 atom stereocenters. The lowest BCUT2D eigenvalue weighted by Gasteiger charge is -2.15. The maximum Gasteiger partial charge on any atom is 0.0303 e. The van der Waals surface area contributed by atoms with E-state index in [4.69, 9.17) is 5.73 Å². The zero-order chi connectivity index (χ0) is 13.8. The second kappa shape index (κ2) is 6.27. The van der Waals surface area contributed by atoms with Crippen LogP contribution in [0.2, 0.25) is 0 Å². The standard InChI is InChI=1S/C17H21NS/c1-4-15(18)14-7-5-6-8-17(14)19-16-10-9-12(2)11-13(16)3/h5-11,15H,4,18H2,1-3H3. The molecule has 19 heavy (non-hydrogen) atoms. The Hall–Kier alpha value is -1.25. The van der Waals surface area contributed by atoms with Crippen molar-refractivity contribution in [1.82, 2.24) is 0 Å². The summed E-state index contributed by atoms with van der Waals surface area (Å²) >= 11 is 1.81. The van der Waals surface area contributed by atoms with E-state index in [9.17, 15) is 0 Å². The predicted octanol–water partition coefficient (Wildman–Crippen LogP) is 4.86. The molecule has 0 radical (unpaired) electrons. The van der Waals surface area contributed by atoms with Crippen molar-refractivity contribution >= 4 is 11.8 Å². The molecule has 0 amide bonds. The van der Waals surface area contributed by atoms with Gasteiger partial charge in [0.05, 0.1) is 0 Å². The number of rotatable bonds is 4. The van der Waals surface area contributed by atoms with E-state index in [1.807, 2.05) is 11.8 Å². The highest BCUT2D eigenvalue weighted by atomic mass is 32.2. The van der Waals surface area contributed by atoms with Gasteiger partial charge >= 0.3 is 0 Å². The lowest BCUT2D eigenvalue weighted by molar-refractivity contribution is 0.685. The zero-order valence-corrected chi connectivity index (χ0v) is 12.6. The molecule has 0 saturated heterocycles. The molecule has 0 spiro atoms. The summed E-state index contributed by atoms with van der Waals surface area (Å²) in [4.78, 5) is 2.57. The van der Waals surface area contributed by atoms with E-state index in [0.29, 0.717) is 0 Å². The first-order chi connectivity index (χ1) is 9.11. The number of hydrogen-bond acceptors (Lipinski definition) is 2. The lowest BCUT2D eigenvalue weighted by atomic mass is 10.1. The highest BCUT2D eigenvalue weighted by Crippen LogP contribution is 2.35. The van der Waals surface area contributed by atoms with E-state index in [-0.39, 0.29) is 6.04 Å². The number of hydrogen-bond donors (Lipinski definition) is 1. The molecule has 0 bridgehead atoms. The average Bonchev–Trinajstić information content (AvgIpc) is 2.41. The molecule has 2 aromatic carbocycles. The zero-order valence-electron chi connectivity index (χ0n) is 11.8. The molecule has 0 saturated carbocycles. The lowest BCUT2D eigenvalue weighted by Crippen LogP contribution is -2.09. The maximum atomic E-state index is 6.20. The van der Waals surface area contributed by atoms with E-state index in [0.717, 1.165) is 6.42 Å². The van der Waals surface area contributed by atoms with Gasteiger partial charge in [0.2, 0.25) is 0 Å². The van der Waals surface area contributed by atoms with Crippen LogP contribution in [-0.4, -0.2) is 0 Å². The van der Waals surface area contributed by atoms with E-state index in [1.54, 1.807) is 0 Å². The molecule has 1 nitrogen and oxygen atoms in total. The Kier molecular flexibility index (Phi) is 4.67. The smallest absolute Gasteiger partial charge is 0.0303 e. The van der Waals surface area contributed by atoms with Gasteiger partial charge in [-0.3, -0.25) is 0 Å². The van der Waals surface area contributed by atoms with Crippen LogP contribution in [0.5, 0.6) is 0 Å². The third-order valence-electron chi connectivity index (χ3n) is 3.31. The van der Waals surface area contributed by atoms with Crippen molar-refractivity contribution in [2.24, 2.45) is 5.73 Å². The SMILES string of the molecule is CCC(N)c1ccccc1Sc1ccc(C)cc1C. The molecular formula is C17H21NS. The van der Waals surface area contributed by atoms with Gasteiger partial charge in [0, 0.05) is 15.8 Å². The topological polar surface area (TPSA) is 26.0 Å². The first kappa shape index (κ1) is 14.2. The van der Waals surface area contributed by atoms with Crippen LogP contribution in [0.15, 0.2) is 52.3 Å². The van der Waals surface area contributed by atoms with Crippen LogP contribution in [0.3, 0.4) is 0 Å². The monoisotopic (exact) mass is 271 g/mol. The molecule has 2 rings (SSSR count). The summed E-state index contributed by atoms with van der Waals surface area (Å²) in [5.74, 6) is 0. The second-order valence-corrected chi connectivity index (χ2v) is 6.01. The Morgan fingerprint density at radius 1 is 1.05 bits per heavy atom. The molecule has 2 heteroatoms. The van der Waals surface area contributed by atoms with Crippen LogP contribution < -0.4 is 5.73 Å². The Bertz CT molecular complexity index is 563. The summed E-state index contributed by atoms with van der Waals surface area (Å²) in [5, 5.41) is 0. The first-order valence-corrected chi connectivity index (χ1v) is 7.53. The first-order valence-electron chi connectivity index (χ1n) is 6.71. The van der Waals surface area contributed by atoms with Crippen molar-refractivity contribution in [3.05, 3.63) is 59.2 Å². The van der Waals surface area contributed by atoms with Crippen molar-refractivity contribution in [3.63, 3.8) is 0 Å². The molecule has 100 valence electrons. The Balaban J connectivity index is 2.33. The van der Waals surface area contributed by atoms with Crippen molar-refractivity contribution < 1.29 is 0 Å². The van der Waals surface area contributed by atoms with E-state index in [2.05, 4.69) is 63.2 Å². The van der Waals surface area contributed by atoms with Crippen LogP contribution in [-0.2, 0) is 0 Å². The molecular weight excluding hydrogens is 250 g/mol. The van der Waals surface area contributed by atoms with Gasteiger partial charge < -0.3 is 5.73 Å². The minimum atomic E-state index is 0.120. The van der Waals surface area contributed by atoms with Gasteiger partial charge in [0.15, 0.2) is 0 Å². The van der Waals surface area contributed by atoms with Crippen molar-refractivity contribution in [2.45, 2.75) is 43.0 Å². The minimum absolute atomic E-state index is 0.120. The van der Waals surface area contributed by atoms with E-state index in [1.165, 1.54) is 26.5 Å². The molecule has 0 aliphatic carbocycles. The molecule has 2 aromatic rings. The van der Waals surface area contributed by atoms with Gasteiger partial charge in [-0.05, 0) is 43.5 Å². The Labute approximate surface area is 120 Å². The molecule has 0 heterocycles. The van der Waals surface area contributed by atoms with E-state index >= 15 is 0 Å². The second-order valence-electron chi connectivity index (χ2n) is 4.92. The fraction of sp³-hybridized carbons (Fsp3) is 0.294. The van der Waals surface area contributed by atoms with Crippen LogP contribution >= 0.6 is 11.8 Å².